The van der Waals surface area contributed by atoms with Crippen molar-refractivity contribution in [2.24, 2.45) is 0 Å². The second-order valence-electron chi connectivity index (χ2n) is 6.33. The summed E-state index contributed by atoms with van der Waals surface area (Å²) < 4.78 is 124. The number of nitrogens with one attached hydrogen (secondary N) is 1. The Bertz CT molecular complexity index is 842. The SMILES string of the molecule is CC(C)(C)Nc1c(F)c(F)c(-c2c(F)c(F)c(F)c(F)c2F)c(F)c1F. The van der Waals surface area contributed by atoms with Gasteiger partial charge < -0.3 is 5.32 Å². The highest BCUT2D eigenvalue weighted by atomic mass is 19.2. The van der Waals surface area contributed by atoms with Crippen molar-refractivity contribution >= 4 is 5.69 Å². The Hall–Kier alpha value is -2.39. The molecule has 0 aromatic heterocycles. The summed E-state index contributed by atoms with van der Waals surface area (Å²) in [5.74, 6) is -21.7. The van der Waals surface area contributed by atoms with Gasteiger partial charge in [-0.2, -0.15) is 0 Å². The average Bonchev–Trinajstić information content (AvgIpc) is 2.55. The van der Waals surface area contributed by atoms with Gasteiger partial charge in [-0.05, 0) is 20.8 Å². The Labute approximate surface area is 141 Å². The van der Waals surface area contributed by atoms with E-state index in [4.69, 9.17) is 0 Å². The molecule has 0 aliphatic heterocycles. The molecular weight excluding hydrogens is 377 g/mol. The van der Waals surface area contributed by atoms with Crippen molar-refractivity contribution in [3.05, 3.63) is 52.4 Å². The molecule has 1 nitrogen and oxygen atoms in total. The molecule has 0 atom stereocenters. The third kappa shape index (κ3) is 3.08. The summed E-state index contributed by atoms with van der Waals surface area (Å²) in [5, 5.41) is 2.11. The molecule has 0 heterocycles. The summed E-state index contributed by atoms with van der Waals surface area (Å²) in [6.07, 6.45) is 0. The zero-order chi connectivity index (χ0) is 20.1. The van der Waals surface area contributed by atoms with E-state index in [1.165, 1.54) is 20.8 Å². The van der Waals surface area contributed by atoms with Crippen LogP contribution >= 0.6 is 0 Å². The fraction of sp³-hybridized carbons (Fsp3) is 0.250. The van der Waals surface area contributed by atoms with Crippen LogP contribution in [-0.2, 0) is 0 Å². The quantitative estimate of drug-likeness (QED) is 0.389. The summed E-state index contributed by atoms with van der Waals surface area (Å²) in [5.41, 5.74) is -6.53. The topological polar surface area (TPSA) is 12.0 Å². The van der Waals surface area contributed by atoms with E-state index >= 15 is 0 Å². The molecule has 0 saturated heterocycles. The Morgan fingerprint density at radius 1 is 0.462 bits per heavy atom. The number of halogens is 9. The maximum Gasteiger partial charge on any atom is 0.200 e. The van der Waals surface area contributed by atoms with Crippen LogP contribution in [0.1, 0.15) is 20.8 Å². The molecule has 142 valence electrons. The molecule has 0 spiro atoms. The first-order valence-electron chi connectivity index (χ1n) is 6.95. The molecule has 0 amide bonds. The molecule has 0 fully saturated rings. The van der Waals surface area contributed by atoms with Crippen LogP contribution in [0.5, 0.6) is 0 Å². The lowest BCUT2D eigenvalue weighted by Crippen LogP contribution is -2.28. The van der Waals surface area contributed by atoms with Crippen LogP contribution in [0.3, 0.4) is 0 Å². The Morgan fingerprint density at radius 3 is 1.04 bits per heavy atom. The summed E-state index contributed by atoms with van der Waals surface area (Å²) >= 11 is 0. The number of hydrogen-bond donors (Lipinski definition) is 1. The second-order valence-corrected chi connectivity index (χ2v) is 6.33. The molecule has 26 heavy (non-hydrogen) atoms. The van der Waals surface area contributed by atoms with E-state index in [2.05, 4.69) is 5.32 Å². The maximum absolute atomic E-state index is 14.2. The summed E-state index contributed by atoms with van der Waals surface area (Å²) in [7, 11) is 0. The zero-order valence-electron chi connectivity index (χ0n) is 13.4. The highest BCUT2D eigenvalue weighted by Crippen LogP contribution is 2.39. The second kappa shape index (κ2) is 6.40. The normalized spacial score (nSPS) is 11.8. The van der Waals surface area contributed by atoms with Gasteiger partial charge >= 0.3 is 0 Å². The van der Waals surface area contributed by atoms with Gasteiger partial charge in [0.05, 0.1) is 11.1 Å². The van der Waals surface area contributed by atoms with E-state index in [9.17, 15) is 39.5 Å². The van der Waals surface area contributed by atoms with E-state index in [-0.39, 0.29) is 0 Å². The molecular formula is C16H10F9N. The largest absolute Gasteiger partial charge is 0.376 e. The van der Waals surface area contributed by atoms with Gasteiger partial charge in [-0.1, -0.05) is 0 Å². The predicted octanol–water partition coefficient (Wildman–Crippen LogP) is 5.82. The van der Waals surface area contributed by atoms with Crippen LogP contribution in [0.25, 0.3) is 11.1 Å². The highest BCUT2D eigenvalue weighted by molar-refractivity contribution is 5.70. The first-order chi connectivity index (χ1) is 11.8. The molecule has 2 aromatic rings. The average molecular weight is 387 g/mol. The lowest BCUT2D eigenvalue weighted by molar-refractivity contribution is 0.379. The summed E-state index contributed by atoms with van der Waals surface area (Å²) in [6, 6.07) is 0. The molecule has 0 unspecified atom stereocenters. The molecule has 0 radical (unpaired) electrons. The van der Waals surface area contributed by atoms with Crippen LogP contribution in [0, 0.1) is 52.4 Å². The van der Waals surface area contributed by atoms with Crippen LogP contribution < -0.4 is 5.32 Å². The van der Waals surface area contributed by atoms with Crippen LogP contribution in [0.15, 0.2) is 0 Å². The van der Waals surface area contributed by atoms with E-state index < -0.39 is 74.7 Å². The third-order valence-corrected chi connectivity index (χ3v) is 3.22. The minimum atomic E-state index is -2.60. The third-order valence-electron chi connectivity index (χ3n) is 3.22. The van der Waals surface area contributed by atoms with Gasteiger partial charge in [0.1, 0.15) is 5.69 Å². The number of hydrogen-bond acceptors (Lipinski definition) is 1. The van der Waals surface area contributed by atoms with Crippen molar-refractivity contribution in [2.75, 3.05) is 5.32 Å². The van der Waals surface area contributed by atoms with Crippen molar-refractivity contribution in [1.29, 1.82) is 0 Å². The molecule has 0 aliphatic carbocycles. The van der Waals surface area contributed by atoms with Gasteiger partial charge in [-0.3, -0.25) is 0 Å². The van der Waals surface area contributed by atoms with Crippen LogP contribution in [-0.4, -0.2) is 5.54 Å². The van der Waals surface area contributed by atoms with Crippen molar-refractivity contribution < 1.29 is 39.5 Å². The van der Waals surface area contributed by atoms with E-state index in [0.717, 1.165) is 0 Å². The highest BCUT2D eigenvalue weighted by Gasteiger charge is 2.34. The van der Waals surface area contributed by atoms with E-state index in [1.807, 2.05) is 0 Å². The minimum Gasteiger partial charge on any atom is -0.376 e. The zero-order valence-corrected chi connectivity index (χ0v) is 13.4. The van der Waals surface area contributed by atoms with Crippen molar-refractivity contribution in [3.8, 4) is 11.1 Å². The Balaban J connectivity index is 2.91. The molecule has 10 heteroatoms. The summed E-state index contributed by atoms with van der Waals surface area (Å²) in [4.78, 5) is 0. The minimum absolute atomic E-state index is 1.08. The molecule has 2 rings (SSSR count). The number of anilines is 1. The van der Waals surface area contributed by atoms with Crippen molar-refractivity contribution in [3.63, 3.8) is 0 Å². The van der Waals surface area contributed by atoms with Gasteiger partial charge in [0, 0.05) is 5.54 Å². The fourth-order valence-electron chi connectivity index (χ4n) is 2.16. The smallest absolute Gasteiger partial charge is 0.200 e. The van der Waals surface area contributed by atoms with Gasteiger partial charge in [0.25, 0.3) is 0 Å². The lowest BCUT2D eigenvalue weighted by Gasteiger charge is -2.24. The fourth-order valence-corrected chi connectivity index (χ4v) is 2.16. The standard InChI is InChI=1S/C16H10F9N/c1-16(2,3)26-15-13(24)8(19)5(9(20)14(15)25)4-6(17)10(21)12(23)11(22)7(4)18/h26H,1-3H3. The lowest BCUT2D eigenvalue weighted by atomic mass is 9.99. The molecule has 1 N–H and O–H groups in total. The monoisotopic (exact) mass is 387 g/mol. The van der Waals surface area contributed by atoms with Crippen molar-refractivity contribution in [1.82, 2.24) is 0 Å². The van der Waals surface area contributed by atoms with Gasteiger partial charge in [0.15, 0.2) is 46.5 Å². The predicted molar refractivity (Wildman–Crippen MR) is 74.9 cm³/mol. The van der Waals surface area contributed by atoms with Crippen LogP contribution in [0.2, 0.25) is 0 Å². The molecule has 0 saturated carbocycles. The molecule has 2 aromatic carbocycles. The summed E-state index contributed by atoms with van der Waals surface area (Å²) in [6.45, 7) is 4.17. The number of rotatable bonds is 2. The van der Waals surface area contributed by atoms with Crippen molar-refractivity contribution in [2.45, 2.75) is 26.3 Å². The van der Waals surface area contributed by atoms with Crippen LogP contribution in [0.4, 0.5) is 45.2 Å². The van der Waals surface area contributed by atoms with E-state index in [1.54, 1.807) is 0 Å². The maximum atomic E-state index is 14.2. The molecule has 0 bridgehead atoms. The Kier molecular flexibility index (Phi) is 4.91. The van der Waals surface area contributed by atoms with Gasteiger partial charge in [-0.15, -0.1) is 0 Å². The van der Waals surface area contributed by atoms with E-state index in [0.29, 0.717) is 0 Å². The number of benzene rings is 2. The van der Waals surface area contributed by atoms with Gasteiger partial charge in [-0.25, -0.2) is 39.5 Å². The van der Waals surface area contributed by atoms with Gasteiger partial charge in [0.2, 0.25) is 5.82 Å². The Morgan fingerprint density at radius 2 is 0.731 bits per heavy atom. The first kappa shape index (κ1) is 19.9. The molecule has 0 aliphatic rings. The first-order valence-corrected chi connectivity index (χ1v) is 6.95.